The summed E-state index contributed by atoms with van der Waals surface area (Å²) in [6.45, 7) is 10.2. The summed E-state index contributed by atoms with van der Waals surface area (Å²) in [5.41, 5.74) is 6.62. The van der Waals surface area contributed by atoms with E-state index in [4.69, 9.17) is 4.74 Å². The van der Waals surface area contributed by atoms with E-state index in [9.17, 15) is 14.9 Å². The fourth-order valence-electron chi connectivity index (χ4n) is 5.31. The molecule has 0 fully saturated rings. The van der Waals surface area contributed by atoms with E-state index >= 15 is 0 Å². The van der Waals surface area contributed by atoms with Gasteiger partial charge < -0.3 is 15.4 Å². The largest absolute Gasteiger partial charge is 0.497 e. The molecule has 0 saturated carbocycles. The Labute approximate surface area is 223 Å². The molecule has 1 aliphatic carbocycles. The lowest BCUT2D eigenvalue weighted by atomic mass is 9.69. The highest BCUT2D eigenvalue weighted by Gasteiger charge is 2.42. The van der Waals surface area contributed by atoms with Crippen molar-refractivity contribution in [1.29, 1.82) is 5.26 Å². The van der Waals surface area contributed by atoms with Gasteiger partial charge in [-0.05, 0) is 61.4 Å². The Balaban J connectivity index is 1.65. The summed E-state index contributed by atoms with van der Waals surface area (Å²) < 4.78 is 5.31. The topological polar surface area (TPSA) is 91.2 Å². The number of aryl methyl sites for hydroxylation is 3. The molecule has 1 heterocycles. The first kappa shape index (κ1) is 26.6. The number of nitriles is 1. The van der Waals surface area contributed by atoms with E-state index in [0.29, 0.717) is 34.8 Å². The Morgan fingerprint density at radius 1 is 1.16 bits per heavy atom. The van der Waals surface area contributed by atoms with Crippen molar-refractivity contribution in [3.8, 4) is 11.8 Å². The van der Waals surface area contributed by atoms with Crippen LogP contribution in [0.4, 0.5) is 5.69 Å². The predicted octanol–water partition coefficient (Wildman–Crippen LogP) is 6.06. The van der Waals surface area contributed by atoms with E-state index in [0.717, 1.165) is 33.6 Å². The number of thioether (sulfide) groups is 1. The zero-order valence-corrected chi connectivity index (χ0v) is 23.1. The van der Waals surface area contributed by atoms with Crippen molar-refractivity contribution >= 4 is 29.1 Å². The molecule has 0 radical (unpaired) electrons. The van der Waals surface area contributed by atoms with Crippen LogP contribution < -0.4 is 15.4 Å². The van der Waals surface area contributed by atoms with Crippen molar-refractivity contribution in [2.24, 2.45) is 5.41 Å². The summed E-state index contributed by atoms with van der Waals surface area (Å²) in [6, 6.07) is 13.9. The number of amides is 1. The molecule has 4 rings (SSSR count). The summed E-state index contributed by atoms with van der Waals surface area (Å²) in [4.78, 5) is 26.3. The summed E-state index contributed by atoms with van der Waals surface area (Å²) in [6.07, 6.45) is 1.12. The lowest BCUT2D eigenvalue weighted by molar-refractivity contribution is -0.118. The summed E-state index contributed by atoms with van der Waals surface area (Å²) in [7, 11) is 1.60. The molecule has 37 heavy (non-hydrogen) atoms. The molecule has 1 aliphatic heterocycles. The van der Waals surface area contributed by atoms with Crippen molar-refractivity contribution in [3.05, 3.63) is 80.5 Å². The Morgan fingerprint density at radius 2 is 1.81 bits per heavy atom. The van der Waals surface area contributed by atoms with Gasteiger partial charge >= 0.3 is 0 Å². The molecule has 1 atom stereocenters. The highest BCUT2D eigenvalue weighted by atomic mass is 32.2. The Kier molecular flexibility index (Phi) is 7.52. The molecule has 7 heteroatoms. The number of ether oxygens (including phenoxy) is 1. The molecule has 0 bridgehead atoms. The number of nitrogens with zero attached hydrogens (tertiary/aromatic N) is 1. The number of hydrogen-bond acceptors (Lipinski definition) is 6. The first-order chi connectivity index (χ1) is 17.5. The molecule has 0 aromatic heterocycles. The molecular formula is C30H33N3O3S. The van der Waals surface area contributed by atoms with E-state index in [2.05, 4.69) is 30.6 Å². The van der Waals surface area contributed by atoms with Gasteiger partial charge in [-0.1, -0.05) is 55.4 Å². The second-order valence-corrected chi connectivity index (χ2v) is 11.6. The third kappa shape index (κ3) is 5.60. The highest BCUT2D eigenvalue weighted by Crippen LogP contribution is 2.48. The van der Waals surface area contributed by atoms with E-state index in [1.54, 1.807) is 7.11 Å². The van der Waals surface area contributed by atoms with Crippen molar-refractivity contribution in [1.82, 2.24) is 5.32 Å². The van der Waals surface area contributed by atoms with Crippen LogP contribution >= 0.6 is 11.8 Å². The maximum Gasteiger partial charge on any atom is 0.234 e. The number of nitrogens with one attached hydrogen (secondary N) is 2. The van der Waals surface area contributed by atoms with Crippen LogP contribution in [0.25, 0.3) is 0 Å². The third-order valence-electron chi connectivity index (χ3n) is 6.86. The minimum absolute atomic E-state index is 0.0550. The van der Waals surface area contributed by atoms with E-state index in [1.807, 2.05) is 57.2 Å². The second kappa shape index (κ2) is 10.5. The van der Waals surface area contributed by atoms with Gasteiger partial charge in [-0.2, -0.15) is 5.26 Å². The van der Waals surface area contributed by atoms with Crippen molar-refractivity contribution < 1.29 is 14.3 Å². The smallest absolute Gasteiger partial charge is 0.234 e. The van der Waals surface area contributed by atoms with Gasteiger partial charge in [0.1, 0.15) is 5.75 Å². The first-order valence-corrected chi connectivity index (χ1v) is 13.3. The number of carbonyl (C=O) groups excluding carboxylic acids is 2. The Morgan fingerprint density at radius 3 is 2.41 bits per heavy atom. The fraction of sp³-hybridized carbons (Fsp3) is 0.367. The summed E-state index contributed by atoms with van der Waals surface area (Å²) >= 11 is 1.30. The number of allylic oxidation sites excluding steroid dienone is 3. The minimum Gasteiger partial charge on any atom is -0.497 e. The Hall–Kier alpha value is -3.50. The molecule has 2 N–H and O–H groups in total. The summed E-state index contributed by atoms with van der Waals surface area (Å²) in [5.74, 6) is 0.267. The maximum absolute atomic E-state index is 13.4. The van der Waals surface area contributed by atoms with Crippen LogP contribution in [0.1, 0.15) is 54.9 Å². The van der Waals surface area contributed by atoms with Crippen LogP contribution in [0, 0.1) is 37.5 Å². The van der Waals surface area contributed by atoms with Crippen molar-refractivity contribution in [3.63, 3.8) is 0 Å². The Bertz CT molecular complexity index is 1340. The monoisotopic (exact) mass is 515 g/mol. The number of methoxy groups -OCH3 is 1. The van der Waals surface area contributed by atoms with Gasteiger partial charge in [0, 0.05) is 23.4 Å². The van der Waals surface area contributed by atoms with Crippen LogP contribution in [0.2, 0.25) is 0 Å². The quantitative estimate of drug-likeness (QED) is 0.486. The zero-order chi connectivity index (χ0) is 26.9. The van der Waals surface area contributed by atoms with Gasteiger partial charge in [0.2, 0.25) is 5.91 Å². The van der Waals surface area contributed by atoms with Crippen molar-refractivity contribution in [2.75, 3.05) is 18.2 Å². The van der Waals surface area contributed by atoms with E-state index < -0.39 is 5.92 Å². The van der Waals surface area contributed by atoms with E-state index in [-0.39, 0.29) is 22.9 Å². The third-order valence-corrected chi connectivity index (χ3v) is 7.88. The number of rotatable bonds is 6. The number of benzene rings is 2. The van der Waals surface area contributed by atoms with Crippen molar-refractivity contribution in [2.45, 2.75) is 53.4 Å². The average Bonchev–Trinajstić information content (AvgIpc) is 2.83. The van der Waals surface area contributed by atoms with Gasteiger partial charge in [-0.3, -0.25) is 9.59 Å². The molecule has 2 aromatic rings. The molecule has 1 amide bonds. The number of anilines is 1. The number of ketones is 1. The van der Waals surface area contributed by atoms with Crippen LogP contribution in [-0.2, 0) is 9.59 Å². The second-order valence-electron chi connectivity index (χ2n) is 10.6. The standard InChI is InChI=1S/C30H33N3O3S/c1-17-11-18(2)28(19(3)12-17)33-25(35)16-37-29-22(15-31)26(20-7-9-21(36-6)10-8-20)27-23(32-29)13-30(4,5)14-24(27)34/h7-12,26,32H,13-14,16H2,1-6H3,(H,33,35)/t26-/m0/s1. The molecule has 6 nitrogen and oxygen atoms in total. The summed E-state index contributed by atoms with van der Waals surface area (Å²) in [5, 5.41) is 17.3. The maximum atomic E-state index is 13.4. The molecule has 0 spiro atoms. The van der Waals surface area contributed by atoms with Gasteiger partial charge in [0.05, 0.1) is 35.5 Å². The number of hydrogen-bond donors (Lipinski definition) is 2. The zero-order valence-electron chi connectivity index (χ0n) is 22.2. The lowest BCUT2D eigenvalue weighted by Crippen LogP contribution is -2.37. The fourth-order valence-corrected chi connectivity index (χ4v) is 6.17. The number of Topliss-reactive ketones (excluding diaryl/α,β-unsaturated/α-hetero) is 1. The average molecular weight is 516 g/mol. The molecule has 192 valence electrons. The molecule has 2 aliphatic rings. The number of dihydropyridines is 1. The van der Waals surface area contributed by atoms with Crippen LogP contribution in [-0.4, -0.2) is 24.6 Å². The van der Waals surface area contributed by atoms with Crippen LogP contribution in [0.5, 0.6) is 5.75 Å². The van der Waals surface area contributed by atoms with Gasteiger partial charge in [-0.15, -0.1) is 0 Å². The molecule has 2 aromatic carbocycles. The molecule has 0 unspecified atom stereocenters. The number of carbonyl (C=O) groups is 2. The van der Waals surface area contributed by atoms with Gasteiger partial charge in [0.15, 0.2) is 5.78 Å². The first-order valence-electron chi connectivity index (χ1n) is 12.3. The molecular weight excluding hydrogens is 482 g/mol. The molecule has 0 saturated heterocycles. The lowest BCUT2D eigenvalue weighted by Gasteiger charge is -2.39. The highest BCUT2D eigenvalue weighted by molar-refractivity contribution is 8.03. The van der Waals surface area contributed by atoms with Gasteiger partial charge in [-0.25, -0.2) is 0 Å². The van der Waals surface area contributed by atoms with Crippen LogP contribution in [0.3, 0.4) is 0 Å². The SMILES string of the molecule is COc1ccc([C@H]2C(C#N)=C(SCC(=O)Nc3c(C)cc(C)cc3C)NC3=C2C(=O)CC(C)(C)C3)cc1. The van der Waals surface area contributed by atoms with E-state index in [1.165, 1.54) is 11.8 Å². The predicted molar refractivity (Wildman–Crippen MR) is 148 cm³/mol. The minimum atomic E-state index is -0.483. The van der Waals surface area contributed by atoms with Crippen LogP contribution in [0.15, 0.2) is 58.3 Å². The van der Waals surface area contributed by atoms with Gasteiger partial charge in [0.25, 0.3) is 0 Å². The normalized spacial score (nSPS) is 18.6.